The minimum absolute atomic E-state index is 0.401. The maximum Gasteiger partial charge on any atom is 0.121 e. The van der Waals surface area contributed by atoms with Crippen molar-refractivity contribution < 1.29 is 14.6 Å². The second-order valence-electron chi connectivity index (χ2n) is 4.71. The number of hydrogen-bond acceptors (Lipinski definition) is 5. The minimum atomic E-state index is -0.770. The van der Waals surface area contributed by atoms with E-state index in [2.05, 4.69) is 11.4 Å². The molecule has 5 nitrogen and oxygen atoms in total. The van der Waals surface area contributed by atoms with Gasteiger partial charge in [-0.15, -0.1) is 0 Å². The van der Waals surface area contributed by atoms with E-state index < -0.39 is 5.60 Å². The van der Waals surface area contributed by atoms with Crippen LogP contribution in [-0.4, -0.2) is 37.6 Å². The SMILES string of the molecule is COc1ccc(C#N)c(NCC2(O)CCOCC2)c1. The molecule has 0 aliphatic carbocycles. The molecule has 5 heteroatoms. The first-order valence-electron chi connectivity index (χ1n) is 6.29. The van der Waals surface area contributed by atoms with E-state index in [1.165, 1.54) is 0 Å². The molecule has 0 aromatic heterocycles. The molecule has 2 rings (SSSR count). The molecule has 1 saturated heterocycles. The van der Waals surface area contributed by atoms with Crippen LogP contribution in [0, 0.1) is 11.3 Å². The van der Waals surface area contributed by atoms with Crippen molar-refractivity contribution >= 4 is 5.69 Å². The number of nitrogens with one attached hydrogen (secondary N) is 1. The van der Waals surface area contributed by atoms with Gasteiger partial charge >= 0.3 is 0 Å². The third-order valence-corrected chi connectivity index (χ3v) is 3.38. The molecule has 1 aromatic rings. The molecule has 1 aromatic carbocycles. The highest BCUT2D eigenvalue weighted by molar-refractivity contribution is 5.60. The molecule has 0 radical (unpaired) electrons. The standard InChI is InChI=1S/C14H18N2O3/c1-18-12-3-2-11(9-15)13(8-12)16-10-14(17)4-6-19-7-5-14/h2-3,8,16-17H,4-7,10H2,1H3. The fourth-order valence-corrected chi connectivity index (χ4v) is 2.08. The first-order chi connectivity index (χ1) is 9.17. The van der Waals surface area contributed by atoms with Crippen molar-refractivity contribution in [2.24, 2.45) is 0 Å². The van der Waals surface area contributed by atoms with Gasteiger partial charge in [0.15, 0.2) is 0 Å². The van der Waals surface area contributed by atoms with Gasteiger partial charge in [0.25, 0.3) is 0 Å². The lowest BCUT2D eigenvalue weighted by atomic mass is 9.94. The lowest BCUT2D eigenvalue weighted by Crippen LogP contribution is -2.42. The number of ether oxygens (including phenoxy) is 2. The van der Waals surface area contributed by atoms with Crippen LogP contribution >= 0.6 is 0 Å². The number of anilines is 1. The molecule has 102 valence electrons. The molecular formula is C14H18N2O3. The van der Waals surface area contributed by atoms with Crippen LogP contribution in [0.3, 0.4) is 0 Å². The average Bonchev–Trinajstić information content (AvgIpc) is 2.45. The Kier molecular flexibility index (Phi) is 4.25. The predicted octanol–water partition coefficient (Wildman–Crippen LogP) is 1.52. The van der Waals surface area contributed by atoms with Gasteiger partial charge in [-0.3, -0.25) is 0 Å². The van der Waals surface area contributed by atoms with Crippen molar-refractivity contribution in [1.82, 2.24) is 0 Å². The highest BCUT2D eigenvalue weighted by Gasteiger charge is 2.29. The highest BCUT2D eigenvalue weighted by Crippen LogP contribution is 2.25. The second-order valence-corrected chi connectivity index (χ2v) is 4.71. The van der Waals surface area contributed by atoms with Gasteiger partial charge in [0, 0.05) is 38.7 Å². The number of benzene rings is 1. The van der Waals surface area contributed by atoms with Crippen LogP contribution in [0.4, 0.5) is 5.69 Å². The lowest BCUT2D eigenvalue weighted by Gasteiger charge is -2.32. The molecule has 1 heterocycles. The summed E-state index contributed by atoms with van der Waals surface area (Å²) in [5.74, 6) is 0.681. The van der Waals surface area contributed by atoms with Crippen LogP contribution in [-0.2, 0) is 4.74 Å². The minimum Gasteiger partial charge on any atom is -0.497 e. The fraction of sp³-hybridized carbons (Fsp3) is 0.500. The van der Waals surface area contributed by atoms with Gasteiger partial charge < -0.3 is 19.9 Å². The van der Waals surface area contributed by atoms with Crippen molar-refractivity contribution in [2.45, 2.75) is 18.4 Å². The molecular weight excluding hydrogens is 244 g/mol. The summed E-state index contributed by atoms with van der Waals surface area (Å²) in [7, 11) is 1.58. The summed E-state index contributed by atoms with van der Waals surface area (Å²) in [6.45, 7) is 1.54. The van der Waals surface area contributed by atoms with Crippen LogP contribution < -0.4 is 10.1 Å². The Labute approximate surface area is 112 Å². The monoisotopic (exact) mass is 262 g/mol. The van der Waals surface area contributed by atoms with Gasteiger partial charge in [-0.1, -0.05) is 0 Å². The summed E-state index contributed by atoms with van der Waals surface area (Å²) in [5.41, 5.74) is 0.451. The van der Waals surface area contributed by atoms with E-state index in [9.17, 15) is 5.11 Å². The predicted molar refractivity (Wildman–Crippen MR) is 71.2 cm³/mol. The van der Waals surface area contributed by atoms with Gasteiger partial charge in [0.05, 0.1) is 24.0 Å². The smallest absolute Gasteiger partial charge is 0.121 e. The Hall–Kier alpha value is -1.77. The molecule has 0 amide bonds. The van der Waals surface area contributed by atoms with E-state index in [-0.39, 0.29) is 0 Å². The van der Waals surface area contributed by atoms with E-state index in [4.69, 9.17) is 14.7 Å². The zero-order valence-corrected chi connectivity index (χ0v) is 11.0. The van der Waals surface area contributed by atoms with E-state index in [1.807, 2.05) is 0 Å². The van der Waals surface area contributed by atoms with Gasteiger partial charge in [-0.05, 0) is 12.1 Å². The molecule has 0 bridgehead atoms. The van der Waals surface area contributed by atoms with E-state index >= 15 is 0 Å². The zero-order valence-electron chi connectivity index (χ0n) is 11.0. The van der Waals surface area contributed by atoms with Crippen molar-refractivity contribution in [3.63, 3.8) is 0 Å². The number of hydrogen-bond donors (Lipinski definition) is 2. The molecule has 0 unspecified atom stereocenters. The molecule has 0 atom stereocenters. The third kappa shape index (κ3) is 3.37. The van der Waals surface area contributed by atoms with Gasteiger partial charge in [-0.25, -0.2) is 0 Å². The first-order valence-corrected chi connectivity index (χ1v) is 6.29. The van der Waals surface area contributed by atoms with Crippen molar-refractivity contribution in [1.29, 1.82) is 5.26 Å². The zero-order chi connectivity index (χ0) is 13.7. The topological polar surface area (TPSA) is 74.5 Å². The van der Waals surface area contributed by atoms with Gasteiger partial charge in [-0.2, -0.15) is 5.26 Å². The highest BCUT2D eigenvalue weighted by atomic mass is 16.5. The van der Waals surface area contributed by atoms with Crippen LogP contribution in [0.15, 0.2) is 18.2 Å². The van der Waals surface area contributed by atoms with Crippen molar-refractivity contribution in [2.75, 3.05) is 32.2 Å². The van der Waals surface area contributed by atoms with Crippen LogP contribution in [0.25, 0.3) is 0 Å². The maximum atomic E-state index is 10.4. The fourth-order valence-electron chi connectivity index (χ4n) is 2.08. The van der Waals surface area contributed by atoms with Crippen LogP contribution in [0.5, 0.6) is 5.75 Å². The van der Waals surface area contributed by atoms with E-state index in [1.54, 1.807) is 25.3 Å². The average molecular weight is 262 g/mol. The molecule has 1 fully saturated rings. The summed E-state index contributed by atoms with van der Waals surface area (Å²) >= 11 is 0. The molecule has 1 aliphatic rings. The number of nitriles is 1. The molecule has 2 N–H and O–H groups in total. The number of nitrogens with zero attached hydrogens (tertiary/aromatic N) is 1. The van der Waals surface area contributed by atoms with Crippen LogP contribution in [0.2, 0.25) is 0 Å². The maximum absolute atomic E-state index is 10.4. The normalized spacial score (nSPS) is 17.5. The number of methoxy groups -OCH3 is 1. The Morgan fingerprint density at radius 1 is 1.47 bits per heavy atom. The first kappa shape index (κ1) is 13.7. The summed E-state index contributed by atoms with van der Waals surface area (Å²) < 4.78 is 10.4. The summed E-state index contributed by atoms with van der Waals surface area (Å²) in [6.07, 6.45) is 1.21. The molecule has 0 spiro atoms. The summed E-state index contributed by atoms with van der Waals surface area (Å²) in [5, 5.41) is 22.6. The quantitative estimate of drug-likeness (QED) is 0.860. The Morgan fingerprint density at radius 3 is 2.84 bits per heavy atom. The summed E-state index contributed by atoms with van der Waals surface area (Å²) in [4.78, 5) is 0. The Morgan fingerprint density at radius 2 is 2.21 bits per heavy atom. The van der Waals surface area contributed by atoms with Gasteiger partial charge in [0.1, 0.15) is 11.8 Å². The molecule has 19 heavy (non-hydrogen) atoms. The van der Waals surface area contributed by atoms with Gasteiger partial charge in [0.2, 0.25) is 0 Å². The van der Waals surface area contributed by atoms with Crippen LogP contribution in [0.1, 0.15) is 18.4 Å². The largest absolute Gasteiger partial charge is 0.497 e. The Bertz CT molecular complexity index is 476. The van der Waals surface area contributed by atoms with E-state index in [0.29, 0.717) is 49.6 Å². The second kappa shape index (κ2) is 5.91. The van der Waals surface area contributed by atoms with Crippen molar-refractivity contribution in [3.05, 3.63) is 23.8 Å². The number of aliphatic hydroxyl groups is 1. The third-order valence-electron chi connectivity index (χ3n) is 3.38. The molecule has 0 saturated carbocycles. The Balaban J connectivity index is 2.07. The number of rotatable bonds is 4. The lowest BCUT2D eigenvalue weighted by molar-refractivity contribution is -0.0543. The summed E-state index contributed by atoms with van der Waals surface area (Å²) in [6, 6.07) is 7.33. The molecule has 1 aliphatic heterocycles. The van der Waals surface area contributed by atoms with E-state index in [0.717, 1.165) is 0 Å². The van der Waals surface area contributed by atoms with Crippen molar-refractivity contribution in [3.8, 4) is 11.8 Å².